The van der Waals surface area contributed by atoms with Gasteiger partial charge in [-0.25, -0.2) is 19.2 Å². The normalized spacial score (nSPS) is 21.6. The van der Waals surface area contributed by atoms with Gasteiger partial charge in [0.05, 0.1) is 40.9 Å². The molecule has 3 aromatic heterocycles. The summed E-state index contributed by atoms with van der Waals surface area (Å²) < 4.78 is 22.3. The molecule has 0 spiro atoms. The average Bonchev–Trinajstić information content (AvgIpc) is 3.30. The molecule has 1 N–H and O–H groups in total. The van der Waals surface area contributed by atoms with E-state index in [4.69, 9.17) is 26.3 Å². The molecule has 7 rings (SSSR count). The van der Waals surface area contributed by atoms with Crippen LogP contribution >= 0.6 is 22.9 Å². The van der Waals surface area contributed by atoms with Gasteiger partial charge in [-0.15, -0.1) is 11.3 Å². The van der Waals surface area contributed by atoms with Gasteiger partial charge >= 0.3 is 5.97 Å². The summed E-state index contributed by atoms with van der Waals surface area (Å²) in [4.78, 5) is 29.2. The Hall–Kier alpha value is -3.86. The number of nitrogens with zero attached hydrogens (tertiary/aromatic N) is 5. The van der Waals surface area contributed by atoms with Crippen LogP contribution in [-0.2, 0) is 25.1 Å². The van der Waals surface area contributed by atoms with Crippen molar-refractivity contribution in [1.82, 2.24) is 24.4 Å². The van der Waals surface area contributed by atoms with E-state index in [2.05, 4.69) is 27.4 Å². The maximum absolute atomic E-state index is 14.2. The van der Waals surface area contributed by atoms with Crippen LogP contribution in [0.25, 0.3) is 11.0 Å². The molecular weight excluding hydrogens is 589 g/mol. The average molecular weight is 618 g/mol. The second kappa shape index (κ2) is 11.0. The first kappa shape index (κ1) is 27.9. The molecule has 0 bridgehead atoms. The van der Waals surface area contributed by atoms with Crippen LogP contribution in [0.15, 0.2) is 66.3 Å². The van der Waals surface area contributed by atoms with Gasteiger partial charge in [0, 0.05) is 39.7 Å². The van der Waals surface area contributed by atoms with Crippen LogP contribution in [0.4, 0.5) is 4.39 Å². The second-order valence-corrected chi connectivity index (χ2v) is 12.8. The minimum absolute atomic E-state index is 0.0133. The molecule has 43 heavy (non-hydrogen) atoms. The smallest absolute Gasteiger partial charge is 0.335 e. The number of piperidine rings is 1. The Kier molecular flexibility index (Phi) is 7.15. The van der Waals surface area contributed by atoms with Crippen LogP contribution in [0.1, 0.15) is 45.7 Å². The highest BCUT2D eigenvalue weighted by atomic mass is 35.5. The zero-order chi connectivity index (χ0) is 29.7. The van der Waals surface area contributed by atoms with Gasteiger partial charge < -0.3 is 14.4 Å². The standard InChI is InChI=1S/C32H29ClFN5O3S/c1-19-24-15-38(16-29-36-26-8-6-20(31(40)41)11-27(26)39(29)14-23-13-35-18-43-23)10-9-32(19,24)28-3-2-4-30(37-28)42-17-21-5-7-22(33)12-25(21)34/h2-8,11-13,18-19,24H,9-10,14-17H2,1H3,(H,40,41)/t19-,24+,32+/m1/s1. The van der Waals surface area contributed by atoms with Crippen molar-refractivity contribution in [3.63, 3.8) is 0 Å². The first-order valence-corrected chi connectivity index (χ1v) is 15.4. The monoisotopic (exact) mass is 617 g/mol. The third kappa shape index (κ3) is 5.17. The molecule has 1 saturated heterocycles. The number of thiazole rings is 1. The molecule has 0 radical (unpaired) electrons. The molecule has 1 saturated carbocycles. The van der Waals surface area contributed by atoms with Crippen molar-refractivity contribution >= 4 is 39.9 Å². The van der Waals surface area contributed by atoms with Crippen LogP contribution in [-0.4, -0.2) is 48.6 Å². The van der Waals surface area contributed by atoms with Crippen molar-refractivity contribution in [3.8, 4) is 5.88 Å². The van der Waals surface area contributed by atoms with Gasteiger partial charge in [-0.05, 0) is 61.2 Å². The number of aromatic carboxylic acids is 1. The van der Waals surface area contributed by atoms with Crippen LogP contribution in [0, 0.1) is 17.7 Å². The first-order chi connectivity index (χ1) is 20.8. The van der Waals surface area contributed by atoms with E-state index in [9.17, 15) is 14.3 Å². The highest BCUT2D eigenvalue weighted by Gasteiger charge is 2.65. The van der Waals surface area contributed by atoms with Crippen molar-refractivity contribution in [2.24, 2.45) is 11.8 Å². The topological polar surface area (TPSA) is 93.4 Å². The number of pyridine rings is 1. The molecule has 0 unspecified atom stereocenters. The van der Waals surface area contributed by atoms with Gasteiger partial charge in [-0.3, -0.25) is 9.88 Å². The Morgan fingerprint density at radius 1 is 1.19 bits per heavy atom. The van der Waals surface area contributed by atoms with Crippen molar-refractivity contribution in [3.05, 3.63) is 105 Å². The maximum atomic E-state index is 14.2. The van der Waals surface area contributed by atoms with Crippen LogP contribution in [0.5, 0.6) is 5.88 Å². The maximum Gasteiger partial charge on any atom is 0.335 e. The number of halogens is 2. The summed E-state index contributed by atoms with van der Waals surface area (Å²) in [5, 5.41) is 9.93. The largest absolute Gasteiger partial charge is 0.478 e. The lowest BCUT2D eigenvalue weighted by atomic mass is 9.90. The molecule has 2 aromatic carbocycles. The van der Waals surface area contributed by atoms with Gasteiger partial charge in [0.2, 0.25) is 5.88 Å². The van der Waals surface area contributed by atoms with Crippen molar-refractivity contribution in [2.45, 2.75) is 38.5 Å². The molecule has 5 aromatic rings. The second-order valence-electron chi connectivity index (χ2n) is 11.4. The number of likely N-dealkylation sites (tertiary alicyclic amines) is 1. The molecule has 2 fully saturated rings. The molecular formula is C32H29ClFN5O3S. The Balaban J connectivity index is 1.08. The Morgan fingerprint density at radius 3 is 2.84 bits per heavy atom. The van der Waals surface area contributed by atoms with E-state index in [0.29, 0.717) is 41.4 Å². The molecule has 8 nitrogen and oxygen atoms in total. The molecule has 1 aliphatic carbocycles. The number of ether oxygens (including phenoxy) is 1. The Morgan fingerprint density at radius 2 is 2.07 bits per heavy atom. The van der Waals surface area contributed by atoms with Crippen LogP contribution in [0.3, 0.4) is 0 Å². The van der Waals surface area contributed by atoms with Crippen LogP contribution < -0.4 is 4.74 Å². The highest BCUT2D eigenvalue weighted by Crippen LogP contribution is 2.63. The summed E-state index contributed by atoms with van der Waals surface area (Å²) in [7, 11) is 0. The summed E-state index contributed by atoms with van der Waals surface area (Å²) in [6.45, 7) is 5.42. The zero-order valence-electron chi connectivity index (χ0n) is 23.4. The van der Waals surface area contributed by atoms with E-state index in [1.165, 1.54) is 6.07 Å². The summed E-state index contributed by atoms with van der Waals surface area (Å²) in [5.74, 6) is 0.949. The molecule has 220 valence electrons. The fourth-order valence-electron chi connectivity index (χ4n) is 6.69. The Bertz CT molecular complexity index is 1830. The first-order valence-electron chi connectivity index (χ1n) is 14.2. The zero-order valence-corrected chi connectivity index (χ0v) is 25.0. The SMILES string of the molecule is C[C@@H]1[C@@H]2CN(Cc3nc4ccc(C(=O)O)cc4n3Cc3cncs3)CC[C@]12c1cccc(OCc2ccc(Cl)cc2F)n1. The molecule has 3 atom stereocenters. The number of hydrogen-bond donors (Lipinski definition) is 1. The minimum Gasteiger partial charge on any atom is -0.478 e. The van der Waals surface area contributed by atoms with Gasteiger partial charge in [0.1, 0.15) is 18.2 Å². The fourth-order valence-corrected chi connectivity index (χ4v) is 7.43. The number of hydrogen-bond acceptors (Lipinski definition) is 7. The van der Waals surface area contributed by atoms with Gasteiger partial charge in [0.15, 0.2) is 0 Å². The van der Waals surface area contributed by atoms with Crippen molar-refractivity contribution < 1.29 is 19.0 Å². The third-order valence-electron chi connectivity index (χ3n) is 9.09. The molecule has 4 heterocycles. The summed E-state index contributed by atoms with van der Waals surface area (Å²) in [6.07, 6.45) is 2.80. The quantitative estimate of drug-likeness (QED) is 0.204. The lowest BCUT2D eigenvalue weighted by molar-refractivity contribution is 0.0697. The molecule has 2 aliphatic rings. The number of fused-ring (bicyclic) bond motifs is 2. The molecule has 1 aliphatic heterocycles. The van der Waals surface area contributed by atoms with Crippen molar-refractivity contribution in [2.75, 3.05) is 13.1 Å². The highest BCUT2D eigenvalue weighted by molar-refractivity contribution is 7.09. The number of benzene rings is 2. The summed E-state index contributed by atoms with van der Waals surface area (Å²) in [5.41, 5.74) is 5.10. The van der Waals surface area contributed by atoms with E-state index in [1.54, 1.807) is 47.2 Å². The van der Waals surface area contributed by atoms with E-state index < -0.39 is 11.8 Å². The number of carbonyl (C=O) groups is 1. The van der Waals surface area contributed by atoms with Gasteiger partial charge in [0.25, 0.3) is 0 Å². The Labute approximate surface area is 256 Å². The predicted octanol–water partition coefficient (Wildman–Crippen LogP) is 6.42. The number of carboxylic acids is 1. The lowest BCUT2D eigenvalue weighted by Crippen LogP contribution is -2.37. The van der Waals surface area contributed by atoms with E-state index in [1.807, 2.05) is 18.3 Å². The van der Waals surface area contributed by atoms with E-state index in [0.717, 1.165) is 46.9 Å². The third-order valence-corrected chi connectivity index (χ3v) is 10.1. The predicted molar refractivity (Wildman–Crippen MR) is 162 cm³/mol. The number of aromatic nitrogens is 4. The summed E-state index contributed by atoms with van der Waals surface area (Å²) in [6, 6.07) is 15.5. The summed E-state index contributed by atoms with van der Waals surface area (Å²) >= 11 is 7.45. The molecule has 11 heteroatoms. The number of carboxylic acid groups (broad SMARTS) is 1. The van der Waals surface area contributed by atoms with Gasteiger partial charge in [-0.2, -0.15) is 0 Å². The van der Waals surface area contributed by atoms with Gasteiger partial charge in [-0.1, -0.05) is 30.7 Å². The van der Waals surface area contributed by atoms with Crippen molar-refractivity contribution in [1.29, 1.82) is 0 Å². The minimum atomic E-state index is -0.954. The van der Waals surface area contributed by atoms with Crippen LogP contribution in [0.2, 0.25) is 5.02 Å². The lowest BCUT2D eigenvalue weighted by Gasteiger charge is -2.31. The molecule has 0 amide bonds. The number of rotatable bonds is 9. The number of imidazole rings is 1. The van der Waals surface area contributed by atoms with E-state index in [-0.39, 0.29) is 17.6 Å². The fraction of sp³-hybridized carbons (Fsp3) is 0.312. The van der Waals surface area contributed by atoms with E-state index >= 15 is 0 Å².